The minimum absolute atomic E-state index is 0.470. The summed E-state index contributed by atoms with van der Waals surface area (Å²) in [4.78, 5) is 12.1. The predicted molar refractivity (Wildman–Crippen MR) is 72.0 cm³/mol. The SMILES string of the molecule is C[C@H]1CC(=O)C2=C(CCCCCCCCC2)C1. The summed E-state index contributed by atoms with van der Waals surface area (Å²) in [6, 6.07) is 0. The van der Waals surface area contributed by atoms with Crippen LogP contribution >= 0.6 is 0 Å². The van der Waals surface area contributed by atoms with Crippen molar-refractivity contribution in [3.8, 4) is 0 Å². The molecular weight excluding hydrogens is 208 g/mol. The average Bonchev–Trinajstić information content (AvgIpc) is 2.33. The molecule has 0 radical (unpaired) electrons. The van der Waals surface area contributed by atoms with Gasteiger partial charge in [-0.1, -0.05) is 44.6 Å². The number of hydrogen-bond acceptors (Lipinski definition) is 1. The molecule has 0 heterocycles. The Bertz CT molecular complexity index is 301. The topological polar surface area (TPSA) is 17.1 Å². The summed E-state index contributed by atoms with van der Waals surface area (Å²) >= 11 is 0. The van der Waals surface area contributed by atoms with Crippen LogP contribution in [-0.2, 0) is 4.79 Å². The molecule has 17 heavy (non-hydrogen) atoms. The van der Waals surface area contributed by atoms with Crippen molar-refractivity contribution in [2.45, 2.75) is 77.6 Å². The molecule has 1 nitrogen and oxygen atoms in total. The number of carbonyl (C=O) groups is 1. The van der Waals surface area contributed by atoms with Crippen molar-refractivity contribution in [2.75, 3.05) is 0 Å². The van der Waals surface area contributed by atoms with Gasteiger partial charge in [-0.2, -0.15) is 0 Å². The molecule has 0 spiro atoms. The lowest BCUT2D eigenvalue weighted by molar-refractivity contribution is -0.117. The van der Waals surface area contributed by atoms with Crippen molar-refractivity contribution in [1.29, 1.82) is 0 Å². The van der Waals surface area contributed by atoms with Crippen LogP contribution in [0.1, 0.15) is 77.6 Å². The molecule has 0 aromatic rings. The zero-order valence-corrected chi connectivity index (χ0v) is 11.3. The lowest BCUT2D eigenvalue weighted by Crippen LogP contribution is -2.18. The normalized spacial score (nSPS) is 28.5. The number of hydrogen-bond donors (Lipinski definition) is 0. The van der Waals surface area contributed by atoms with Crippen molar-refractivity contribution in [3.63, 3.8) is 0 Å². The molecular formula is C16H26O. The van der Waals surface area contributed by atoms with E-state index in [1.54, 1.807) is 0 Å². The Morgan fingerprint density at radius 2 is 1.41 bits per heavy atom. The Hall–Kier alpha value is -0.590. The van der Waals surface area contributed by atoms with Gasteiger partial charge >= 0.3 is 0 Å². The molecule has 0 bridgehead atoms. The molecule has 1 atom stereocenters. The molecule has 0 saturated heterocycles. The van der Waals surface area contributed by atoms with Gasteiger partial charge in [0.1, 0.15) is 0 Å². The molecule has 0 fully saturated rings. The lowest BCUT2D eigenvalue weighted by atomic mass is 9.80. The fourth-order valence-corrected chi connectivity index (χ4v) is 3.35. The van der Waals surface area contributed by atoms with E-state index in [-0.39, 0.29) is 0 Å². The van der Waals surface area contributed by atoms with Crippen molar-refractivity contribution in [3.05, 3.63) is 11.1 Å². The first-order valence-electron chi connectivity index (χ1n) is 7.51. The van der Waals surface area contributed by atoms with E-state index >= 15 is 0 Å². The number of Topliss-reactive ketones (excluding diaryl/α,β-unsaturated/α-hetero) is 1. The number of allylic oxidation sites excluding steroid dienone is 2. The molecule has 0 saturated carbocycles. The van der Waals surface area contributed by atoms with Crippen molar-refractivity contribution < 1.29 is 4.79 Å². The number of carbonyl (C=O) groups excluding carboxylic acids is 1. The van der Waals surface area contributed by atoms with Crippen LogP contribution in [0.25, 0.3) is 0 Å². The highest BCUT2D eigenvalue weighted by atomic mass is 16.1. The van der Waals surface area contributed by atoms with E-state index in [1.807, 2.05) is 0 Å². The van der Waals surface area contributed by atoms with E-state index in [0.29, 0.717) is 11.7 Å². The molecule has 96 valence electrons. The Balaban J connectivity index is 2.08. The summed E-state index contributed by atoms with van der Waals surface area (Å²) in [5, 5.41) is 0. The predicted octanol–water partition coefficient (Wildman–Crippen LogP) is 4.81. The summed E-state index contributed by atoms with van der Waals surface area (Å²) in [5.74, 6) is 1.06. The van der Waals surface area contributed by atoms with Crippen molar-refractivity contribution >= 4 is 5.78 Å². The maximum Gasteiger partial charge on any atom is 0.159 e. The Labute approximate surface area is 106 Å². The molecule has 1 heteroatoms. The van der Waals surface area contributed by atoms with Gasteiger partial charge in [-0.05, 0) is 43.6 Å². The van der Waals surface area contributed by atoms with Crippen LogP contribution in [0, 0.1) is 5.92 Å². The van der Waals surface area contributed by atoms with Gasteiger partial charge in [-0.3, -0.25) is 4.79 Å². The maximum atomic E-state index is 12.1. The van der Waals surface area contributed by atoms with E-state index in [9.17, 15) is 4.79 Å². The van der Waals surface area contributed by atoms with Crippen LogP contribution in [0.5, 0.6) is 0 Å². The second-order valence-electron chi connectivity index (χ2n) is 5.99. The molecule has 0 unspecified atom stereocenters. The first kappa shape index (κ1) is 12.9. The highest BCUT2D eigenvalue weighted by molar-refractivity contribution is 5.97. The molecule has 0 amide bonds. The smallest absolute Gasteiger partial charge is 0.159 e. The summed E-state index contributed by atoms with van der Waals surface area (Å²) in [7, 11) is 0. The lowest BCUT2D eigenvalue weighted by Gasteiger charge is -2.24. The zero-order valence-electron chi connectivity index (χ0n) is 11.3. The third kappa shape index (κ3) is 3.69. The van der Waals surface area contributed by atoms with Crippen LogP contribution in [-0.4, -0.2) is 5.78 Å². The van der Waals surface area contributed by atoms with Crippen LogP contribution in [0.2, 0.25) is 0 Å². The van der Waals surface area contributed by atoms with Gasteiger partial charge in [-0.25, -0.2) is 0 Å². The summed E-state index contributed by atoms with van der Waals surface area (Å²) in [5.41, 5.74) is 2.76. The number of ketones is 1. The third-order valence-electron chi connectivity index (χ3n) is 4.30. The largest absolute Gasteiger partial charge is 0.295 e. The summed E-state index contributed by atoms with van der Waals surface area (Å²) < 4.78 is 0. The van der Waals surface area contributed by atoms with Crippen molar-refractivity contribution in [2.24, 2.45) is 5.92 Å². The van der Waals surface area contributed by atoms with Crippen LogP contribution in [0.15, 0.2) is 11.1 Å². The third-order valence-corrected chi connectivity index (χ3v) is 4.30. The first-order chi connectivity index (χ1) is 8.27. The van der Waals surface area contributed by atoms with Gasteiger partial charge in [0, 0.05) is 6.42 Å². The number of rotatable bonds is 0. The van der Waals surface area contributed by atoms with E-state index in [0.717, 1.165) is 12.8 Å². The minimum Gasteiger partial charge on any atom is -0.295 e. The van der Waals surface area contributed by atoms with Crippen LogP contribution in [0.4, 0.5) is 0 Å². The molecule has 2 aliphatic carbocycles. The van der Waals surface area contributed by atoms with Gasteiger partial charge in [0.15, 0.2) is 5.78 Å². The van der Waals surface area contributed by atoms with E-state index in [2.05, 4.69) is 6.92 Å². The van der Waals surface area contributed by atoms with Gasteiger partial charge in [0.25, 0.3) is 0 Å². The molecule has 0 aromatic heterocycles. The quantitative estimate of drug-likeness (QED) is 0.588. The monoisotopic (exact) mass is 234 g/mol. The van der Waals surface area contributed by atoms with E-state index < -0.39 is 0 Å². The average molecular weight is 234 g/mol. The zero-order chi connectivity index (χ0) is 12.1. The molecule has 2 rings (SSSR count). The molecule has 0 N–H and O–H groups in total. The fourth-order valence-electron chi connectivity index (χ4n) is 3.35. The highest BCUT2D eigenvalue weighted by Gasteiger charge is 2.24. The van der Waals surface area contributed by atoms with Gasteiger partial charge in [0.05, 0.1) is 0 Å². The van der Waals surface area contributed by atoms with Crippen LogP contribution < -0.4 is 0 Å². The second kappa shape index (κ2) is 6.37. The first-order valence-corrected chi connectivity index (χ1v) is 7.51. The second-order valence-corrected chi connectivity index (χ2v) is 5.99. The molecule has 0 aromatic carbocycles. The fraction of sp³-hybridized carbons (Fsp3) is 0.812. The van der Waals surface area contributed by atoms with Crippen LogP contribution in [0.3, 0.4) is 0 Å². The molecule has 0 aliphatic heterocycles. The standard InChI is InChI=1S/C16H26O/c1-13-11-14-9-7-5-3-2-4-6-8-10-15(14)16(17)12-13/h13H,2-12H2,1H3/t13-/m1/s1. The van der Waals surface area contributed by atoms with E-state index in [4.69, 9.17) is 0 Å². The summed E-state index contributed by atoms with van der Waals surface area (Å²) in [6.45, 7) is 2.23. The Morgan fingerprint density at radius 3 is 2.12 bits per heavy atom. The van der Waals surface area contributed by atoms with Gasteiger partial charge in [-0.15, -0.1) is 0 Å². The molecule has 2 aliphatic rings. The minimum atomic E-state index is 0.470. The Morgan fingerprint density at radius 1 is 0.824 bits per heavy atom. The van der Waals surface area contributed by atoms with E-state index in [1.165, 1.54) is 68.9 Å². The highest BCUT2D eigenvalue weighted by Crippen LogP contribution is 2.33. The Kier molecular flexibility index (Phi) is 4.82. The maximum absolute atomic E-state index is 12.1. The van der Waals surface area contributed by atoms with Gasteiger partial charge < -0.3 is 0 Å². The van der Waals surface area contributed by atoms with Crippen molar-refractivity contribution in [1.82, 2.24) is 0 Å². The summed E-state index contributed by atoms with van der Waals surface area (Å²) in [6.07, 6.45) is 13.7. The van der Waals surface area contributed by atoms with Gasteiger partial charge in [0.2, 0.25) is 0 Å².